The van der Waals surface area contributed by atoms with Crippen LogP contribution in [0.1, 0.15) is 45.9 Å². The second kappa shape index (κ2) is 11.0. The van der Waals surface area contributed by atoms with Crippen LogP contribution in [-0.4, -0.2) is 53.7 Å². The molecule has 2 aliphatic rings. The van der Waals surface area contributed by atoms with Gasteiger partial charge in [0.25, 0.3) is 5.91 Å². The first-order valence-electron chi connectivity index (χ1n) is 12.5. The van der Waals surface area contributed by atoms with Crippen LogP contribution >= 0.6 is 0 Å². The largest absolute Gasteiger partial charge is 0.489 e. The number of hydrogen-bond donors (Lipinski definition) is 1. The Morgan fingerprint density at radius 3 is 2.66 bits per heavy atom. The SMILES string of the molecule is COc1ccc(OC2CCN(c3nnc(C(=O)NC4=CCc5cc(F)ccc5C4C=O)cc3C)CC2)cn1. The van der Waals surface area contributed by atoms with Crippen molar-refractivity contribution < 1.29 is 23.5 Å². The minimum Gasteiger partial charge on any atom is -0.489 e. The van der Waals surface area contributed by atoms with Crippen molar-refractivity contribution >= 4 is 18.0 Å². The Morgan fingerprint density at radius 1 is 1.16 bits per heavy atom. The molecule has 1 aliphatic heterocycles. The molecule has 1 atom stereocenters. The van der Waals surface area contributed by atoms with E-state index < -0.39 is 11.8 Å². The number of nitrogens with zero attached hydrogens (tertiary/aromatic N) is 4. The molecule has 3 heterocycles. The van der Waals surface area contributed by atoms with Gasteiger partial charge in [-0.15, -0.1) is 10.2 Å². The third-order valence-electron chi connectivity index (χ3n) is 6.86. The minimum absolute atomic E-state index is 0.0657. The maximum Gasteiger partial charge on any atom is 0.275 e. The third-order valence-corrected chi connectivity index (χ3v) is 6.86. The van der Waals surface area contributed by atoms with Crippen molar-refractivity contribution in [2.75, 3.05) is 25.1 Å². The molecular formula is C28H28FN5O4. The number of aromatic nitrogens is 3. The van der Waals surface area contributed by atoms with Crippen molar-refractivity contribution in [3.63, 3.8) is 0 Å². The van der Waals surface area contributed by atoms with Crippen LogP contribution in [0.5, 0.6) is 11.6 Å². The van der Waals surface area contributed by atoms with E-state index in [1.165, 1.54) is 12.1 Å². The van der Waals surface area contributed by atoms with E-state index in [-0.39, 0.29) is 17.6 Å². The number of anilines is 1. The molecule has 0 radical (unpaired) electrons. The molecule has 196 valence electrons. The monoisotopic (exact) mass is 517 g/mol. The summed E-state index contributed by atoms with van der Waals surface area (Å²) in [6, 6.07) is 9.64. The molecule has 3 aromatic rings. The Kier molecular flexibility index (Phi) is 7.30. The summed E-state index contributed by atoms with van der Waals surface area (Å²) < 4.78 is 24.7. The van der Waals surface area contributed by atoms with Gasteiger partial charge in [0.05, 0.1) is 19.2 Å². The van der Waals surface area contributed by atoms with E-state index in [4.69, 9.17) is 9.47 Å². The van der Waals surface area contributed by atoms with Gasteiger partial charge in [-0.1, -0.05) is 12.1 Å². The molecule has 0 saturated carbocycles. The van der Waals surface area contributed by atoms with Gasteiger partial charge in [0.15, 0.2) is 11.5 Å². The predicted molar refractivity (Wildman–Crippen MR) is 138 cm³/mol. The topological polar surface area (TPSA) is 107 Å². The van der Waals surface area contributed by atoms with Crippen LogP contribution in [0.2, 0.25) is 0 Å². The van der Waals surface area contributed by atoms with E-state index >= 15 is 0 Å². The zero-order valence-electron chi connectivity index (χ0n) is 21.2. The zero-order chi connectivity index (χ0) is 26.6. The number of amides is 1. The molecule has 0 spiro atoms. The van der Waals surface area contributed by atoms with Crippen LogP contribution < -0.4 is 19.7 Å². The molecule has 5 rings (SSSR count). The van der Waals surface area contributed by atoms with E-state index in [0.29, 0.717) is 29.3 Å². The number of hydrogen-bond acceptors (Lipinski definition) is 8. The lowest BCUT2D eigenvalue weighted by molar-refractivity contribution is -0.108. The van der Waals surface area contributed by atoms with Gasteiger partial charge >= 0.3 is 0 Å². The molecule has 38 heavy (non-hydrogen) atoms. The van der Waals surface area contributed by atoms with Gasteiger partial charge < -0.3 is 24.5 Å². The van der Waals surface area contributed by atoms with E-state index in [9.17, 15) is 14.0 Å². The average molecular weight is 518 g/mol. The molecule has 1 N–H and O–H groups in total. The number of aldehydes is 1. The summed E-state index contributed by atoms with van der Waals surface area (Å²) >= 11 is 0. The molecule has 1 aliphatic carbocycles. The molecule has 1 unspecified atom stereocenters. The Labute approximate surface area is 219 Å². The summed E-state index contributed by atoms with van der Waals surface area (Å²) in [7, 11) is 1.57. The summed E-state index contributed by atoms with van der Waals surface area (Å²) in [5.74, 6) is 0.497. The van der Waals surface area contributed by atoms with Crippen LogP contribution in [0.4, 0.5) is 10.2 Å². The summed E-state index contributed by atoms with van der Waals surface area (Å²) in [4.78, 5) is 31.1. The second-order valence-electron chi connectivity index (χ2n) is 9.35. The fraction of sp³-hybridized carbons (Fsp3) is 0.321. The van der Waals surface area contributed by atoms with Gasteiger partial charge in [0.2, 0.25) is 5.88 Å². The number of nitrogens with one attached hydrogen (secondary N) is 1. The Bertz CT molecular complexity index is 1370. The molecule has 2 aromatic heterocycles. The van der Waals surface area contributed by atoms with Crippen LogP contribution in [0, 0.1) is 12.7 Å². The van der Waals surface area contributed by atoms with Crippen molar-refractivity contribution in [2.24, 2.45) is 0 Å². The molecule has 1 amide bonds. The number of benzene rings is 1. The number of halogens is 1. The van der Waals surface area contributed by atoms with Gasteiger partial charge in [0, 0.05) is 37.7 Å². The van der Waals surface area contributed by atoms with Gasteiger partial charge in [-0.05, 0) is 54.3 Å². The van der Waals surface area contributed by atoms with E-state index in [2.05, 4.69) is 25.4 Å². The van der Waals surface area contributed by atoms with Crippen LogP contribution in [0.15, 0.2) is 54.4 Å². The highest BCUT2D eigenvalue weighted by molar-refractivity contribution is 5.94. The lowest BCUT2D eigenvalue weighted by Gasteiger charge is -2.33. The molecule has 10 heteroatoms. The fourth-order valence-corrected chi connectivity index (χ4v) is 4.88. The lowest BCUT2D eigenvalue weighted by atomic mass is 9.86. The number of aryl methyl sites for hydroxylation is 1. The van der Waals surface area contributed by atoms with Gasteiger partial charge in [0.1, 0.15) is 24.0 Å². The van der Waals surface area contributed by atoms with Crippen LogP contribution in [-0.2, 0) is 11.2 Å². The summed E-state index contributed by atoms with van der Waals surface area (Å²) in [5.41, 5.74) is 2.87. The predicted octanol–water partition coefficient (Wildman–Crippen LogP) is 3.53. The number of carbonyl (C=O) groups is 2. The van der Waals surface area contributed by atoms with Gasteiger partial charge in [-0.2, -0.15) is 0 Å². The number of piperidine rings is 1. The molecular weight excluding hydrogens is 489 g/mol. The fourth-order valence-electron chi connectivity index (χ4n) is 4.88. The highest BCUT2D eigenvalue weighted by atomic mass is 19.1. The normalized spacial score (nSPS) is 17.3. The number of fused-ring (bicyclic) bond motifs is 1. The Morgan fingerprint density at radius 2 is 1.97 bits per heavy atom. The van der Waals surface area contributed by atoms with Crippen molar-refractivity contribution in [3.05, 3.63) is 82.6 Å². The maximum atomic E-state index is 13.6. The quantitative estimate of drug-likeness (QED) is 0.475. The molecule has 1 aromatic carbocycles. The first-order valence-corrected chi connectivity index (χ1v) is 12.5. The summed E-state index contributed by atoms with van der Waals surface area (Å²) in [5, 5.41) is 11.3. The molecule has 1 fully saturated rings. The Balaban J connectivity index is 1.20. The van der Waals surface area contributed by atoms with Crippen molar-refractivity contribution in [1.82, 2.24) is 20.5 Å². The highest BCUT2D eigenvalue weighted by Gasteiger charge is 2.27. The second-order valence-corrected chi connectivity index (χ2v) is 9.35. The Hall–Kier alpha value is -4.34. The number of rotatable bonds is 7. The third kappa shape index (κ3) is 5.34. The lowest BCUT2D eigenvalue weighted by Crippen LogP contribution is -2.39. The highest BCUT2D eigenvalue weighted by Crippen LogP contribution is 2.31. The zero-order valence-corrected chi connectivity index (χ0v) is 21.2. The van der Waals surface area contributed by atoms with Crippen molar-refractivity contribution in [3.8, 4) is 11.6 Å². The van der Waals surface area contributed by atoms with E-state index in [1.54, 1.807) is 37.6 Å². The minimum atomic E-state index is -0.672. The van der Waals surface area contributed by atoms with Crippen molar-refractivity contribution in [1.29, 1.82) is 0 Å². The smallest absolute Gasteiger partial charge is 0.275 e. The number of ether oxygens (including phenoxy) is 2. The number of carbonyl (C=O) groups excluding carboxylic acids is 2. The maximum absolute atomic E-state index is 13.6. The first-order chi connectivity index (χ1) is 18.4. The number of pyridine rings is 1. The van der Waals surface area contributed by atoms with Gasteiger partial charge in [-0.25, -0.2) is 9.37 Å². The molecule has 9 nitrogen and oxygen atoms in total. The number of methoxy groups -OCH3 is 1. The number of allylic oxidation sites excluding steroid dienone is 2. The summed E-state index contributed by atoms with van der Waals surface area (Å²) in [6.45, 7) is 3.37. The average Bonchev–Trinajstić information content (AvgIpc) is 2.94. The van der Waals surface area contributed by atoms with Crippen molar-refractivity contribution in [2.45, 2.75) is 38.2 Å². The molecule has 0 bridgehead atoms. The standard InChI is InChI=1S/C28H28FN5O4/c1-17-13-25(28(36)31-24-7-3-18-14-19(29)4-6-22(18)23(24)16-35)32-33-27(17)34-11-9-20(10-12-34)38-21-5-8-26(37-2)30-15-21/h4-8,13-16,20,23H,3,9-12H2,1-2H3,(H,31,36). The van der Waals surface area contributed by atoms with E-state index in [0.717, 1.165) is 49.2 Å². The van der Waals surface area contributed by atoms with Crippen LogP contribution in [0.3, 0.4) is 0 Å². The first kappa shape index (κ1) is 25.3. The van der Waals surface area contributed by atoms with E-state index in [1.807, 2.05) is 13.0 Å². The summed E-state index contributed by atoms with van der Waals surface area (Å²) in [6.07, 6.45) is 6.25. The van der Waals surface area contributed by atoms with Gasteiger partial charge in [-0.3, -0.25) is 4.79 Å². The molecule has 1 saturated heterocycles. The van der Waals surface area contributed by atoms with Crippen LogP contribution in [0.25, 0.3) is 0 Å².